The number of carbonyl (C=O) groups is 1. The molecule has 2 aromatic rings. The summed E-state index contributed by atoms with van der Waals surface area (Å²) in [5.74, 6) is 0. The van der Waals surface area contributed by atoms with E-state index < -0.39 is 0 Å². The van der Waals surface area contributed by atoms with Crippen molar-refractivity contribution in [3.8, 4) is 0 Å². The molecule has 1 aliphatic carbocycles. The minimum absolute atomic E-state index is 0.0948. The number of anilines is 1. The van der Waals surface area contributed by atoms with Gasteiger partial charge in [0.1, 0.15) is 0 Å². The maximum atomic E-state index is 12.2. The van der Waals surface area contributed by atoms with Crippen LogP contribution in [0.25, 0.3) is 0 Å². The van der Waals surface area contributed by atoms with Gasteiger partial charge in [-0.1, -0.05) is 36.4 Å². The first-order valence-electron chi connectivity index (χ1n) is 7.14. The van der Waals surface area contributed by atoms with Crippen molar-refractivity contribution in [2.45, 2.75) is 25.3 Å². The molecule has 0 heterocycles. The van der Waals surface area contributed by atoms with Crippen LogP contribution in [-0.2, 0) is 6.42 Å². The zero-order chi connectivity index (χ0) is 14.7. The molecule has 21 heavy (non-hydrogen) atoms. The number of hydrogen-bond donors (Lipinski definition) is 2. The summed E-state index contributed by atoms with van der Waals surface area (Å²) in [6.07, 6.45) is 3.19. The van der Waals surface area contributed by atoms with E-state index in [1.54, 1.807) is 0 Å². The predicted molar refractivity (Wildman–Crippen MR) is 88.4 cm³/mol. The first kappa shape index (κ1) is 14.1. The lowest BCUT2D eigenvalue weighted by Gasteiger charge is -2.26. The highest BCUT2D eigenvalue weighted by Gasteiger charge is 2.21. The minimum atomic E-state index is -0.163. The van der Waals surface area contributed by atoms with E-state index in [1.807, 2.05) is 30.3 Å². The molecule has 0 bridgehead atoms. The Morgan fingerprint density at radius 3 is 2.71 bits per heavy atom. The molecule has 0 saturated carbocycles. The van der Waals surface area contributed by atoms with Gasteiger partial charge in [0.15, 0.2) is 0 Å². The van der Waals surface area contributed by atoms with Crippen LogP contribution >= 0.6 is 15.9 Å². The molecule has 4 heteroatoms. The topological polar surface area (TPSA) is 41.1 Å². The Morgan fingerprint density at radius 1 is 1.10 bits per heavy atom. The normalized spacial score (nSPS) is 16.9. The number of fused-ring (bicyclic) bond motifs is 1. The van der Waals surface area contributed by atoms with Gasteiger partial charge in [-0.15, -0.1) is 0 Å². The molecule has 0 spiro atoms. The Labute approximate surface area is 132 Å². The Hall–Kier alpha value is -1.81. The van der Waals surface area contributed by atoms with Crippen LogP contribution in [0.3, 0.4) is 0 Å². The summed E-state index contributed by atoms with van der Waals surface area (Å²) in [5, 5.41) is 5.97. The van der Waals surface area contributed by atoms with Crippen molar-refractivity contribution in [1.82, 2.24) is 5.32 Å². The zero-order valence-corrected chi connectivity index (χ0v) is 13.2. The van der Waals surface area contributed by atoms with E-state index in [0.29, 0.717) is 0 Å². The number of rotatable bonds is 2. The Kier molecular flexibility index (Phi) is 4.25. The van der Waals surface area contributed by atoms with Gasteiger partial charge in [-0.25, -0.2) is 4.79 Å². The maximum absolute atomic E-state index is 12.2. The van der Waals surface area contributed by atoms with E-state index in [1.165, 1.54) is 11.1 Å². The fraction of sp³-hybridized carbons (Fsp3) is 0.235. The summed E-state index contributed by atoms with van der Waals surface area (Å²) in [7, 11) is 0. The van der Waals surface area contributed by atoms with Crippen LogP contribution in [0.5, 0.6) is 0 Å². The van der Waals surface area contributed by atoms with Crippen LogP contribution in [-0.4, -0.2) is 6.03 Å². The third-order valence-electron chi connectivity index (χ3n) is 3.80. The number of aryl methyl sites for hydroxylation is 1. The number of hydrogen-bond acceptors (Lipinski definition) is 1. The smallest absolute Gasteiger partial charge is 0.319 e. The van der Waals surface area contributed by atoms with Crippen LogP contribution < -0.4 is 10.6 Å². The summed E-state index contributed by atoms with van der Waals surface area (Å²) < 4.78 is 0.879. The van der Waals surface area contributed by atoms with E-state index in [4.69, 9.17) is 0 Å². The third kappa shape index (κ3) is 3.27. The second kappa shape index (κ2) is 6.31. The second-order valence-corrected chi connectivity index (χ2v) is 6.08. The molecule has 2 amide bonds. The van der Waals surface area contributed by atoms with Gasteiger partial charge < -0.3 is 10.6 Å². The molecule has 3 nitrogen and oxygen atoms in total. The van der Waals surface area contributed by atoms with Crippen LogP contribution in [0.15, 0.2) is 53.0 Å². The molecule has 0 unspecified atom stereocenters. The summed E-state index contributed by atoms with van der Waals surface area (Å²) in [5.41, 5.74) is 3.36. The average Bonchev–Trinajstić information content (AvgIpc) is 2.50. The van der Waals surface area contributed by atoms with Crippen molar-refractivity contribution in [3.63, 3.8) is 0 Å². The standard InChI is InChI=1S/C17H17BrN2O/c18-14-9-3-4-10-16(14)20-17(21)19-15-11-5-7-12-6-1-2-8-13(12)15/h1-4,6,8-10,15H,5,7,11H2,(H2,19,20,21)/t15-/m0/s1. The lowest BCUT2D eigenvalue weighted by Crippen LogP contribution is -2.34. The van der Waals surface area contributed by atoms with E-state index in [2.05, 4.69) is 44.8 Å². The van der Waals surface area contributed by atoms with Crippen molar-refractivity contribution in [2.24, 2.45) is 0 Å². The van der Waals surface area contributed by atoms with Crippen molar-refractivity contribution in [1.29, 1.82) is 0 Å². The molecule has 3 rings (SSSR count). The van der Waals surface area contributed by atoms with Gasteiger partial charge in [0.2, 0.25) is 0 Å². The highest BCUT2D eigenvalue weighted by atomic mass is 79.9. The molecule has 0 radical (unpaired) electrons. The predicted octanol–water partition coefficient (Wildman–Crippen LogP) is 4.65. The summed E-state index contributed by atoms with van der Waals surface area (Å²) >= 11 is 3.43. The lowest BCUT2D eigenvalue weighted by atomic mass is 9.88. The van der Waals surface area contributed by atoms with Crippen LogP contribution in [0.2, 0.25) is 0 Å². The van der Waals surface area contributed by atoms with Gasteiger partial charge >= 0.3 is 6.03 Å². The van der Waals surface area contributed by atoms with Crippen LogP contribution in [0, 0.1) is 0 Å². The molecule has 1 aliphatic rings. The molecule has 2 N–H and O–H groups in total. The largest absolute Gasteiger partial charge is 0.331 e. The van der Waals surface area contributed by atoms with Crippen LogP contribution in [0.4, 0.5) is 10.5 Å². The molecular formula is C17H17BrN2O. The minimum Gasteiger partial charge on any atom is -0.331 e. The van der Waals surface area contributed by atoms with Gasteiger partial charge in [-0.3, -0.25) is 0 Å². The van der Waals surface area contributed by atoms with Crippen molar-refractivity contribution in [2.75, 3.05) is 5.32 Å². The summed E-state index contributed by atoms with van der Waals surface area (Å²) in [4.78, 5) is 12.2. The number of carbonyl (C=O) groups excluding carboxylic acids is 1. The first-order valence-corrected chi connectivity index (χ1v) is 7.93. The molecule has 0 aliphatic heterocycles. The fourth-order valence-corrected chi connectivity index (χ4v) is 3.17. The maximum Gasteiger partial charge on any atom is 0.319 e. The third-order valence-corrected chi connectivity index (χ3v) is 4.49. The molecule has 0 saturated heterocycles. The van der Waals surface area contributed by atoms with Gasteiger partial charge in [0, 0.05) is 4.47 Å². The molecule has 1 atom stereocenters. The number of halogens is 1. The molecular weight excluding hydrogens is 328 g/mol. The molecule has 2 aromatic carbocycles. The monoisotopic (exact) mass is 344 g/mol. The average molecular weight is 345 g/mol. The number of nitrogens with one attached hydrogen (secondary N) is 2. The van der Waals surface area contributed by atoms with Crippen molar-refractivity contribution >= 4 is 27.6 Å². The summed E-state index contributed by atoms with van der Waals surface area (Å²) in [6, 6.07) is 15.9. The number of urea groups is 1. The van der Waals surface area contributed by atoms with Gasteiger partial charge in [-0.05, 0) is 58.5 Å². The highest BCUT2D eigenvalue weighted by molar-refractivity contribution is 9.10. The van der Waals surface area contributed by atoms with Gasteiger partial charge in [-0.2, -0.15) is 0 Å². The van der Waals surface area contributed by atoms with Gasteiger partial charge in [0.05, 0.1) is 11.7 Å². The van der Waals surface area contributed by atoms with Crippen molar-refractivity contribution < 1.29 is 4.79 Å². The SMILES string of the molecule is O=C(Nc1ccccc1Br)N[C@H]1CCCc2ccccc21. The van der Waals surface area contributed by atoms with E-state index >= 15 is 0 Å². The van der Waals surface area contributed by atoms with E-state index in [-0.39, 0.29) is 12.1 Å². The van der Waals surface area contributed by atoms with Gasteiger partial charge in [0.25, 0.3) is 0 Å². The first-order chi connectivity index (χ1) is 10.2. The number of para-hydroxylation sites is 1. The van der Waals surface area contributed by atoms with Crippen LogP contribution in [0.1, 0.15) is 30.0 Å². The molecule has 0 fully saturated rings. The van der Waals surface area contributed by atoms with Crippen molar-refractivity contribution in [3.05, 3.63) is 64.1 Å². The molecule has 108 valence electrons. The van der Waals surface area contributed by atoms with E-state index in [0.717, 1.165) is 29.4 Å². The quantitative estimate of drug-likeness (QED) is 0.817. The summed E-state index contributed by atoms with van der Waals surface area (Å²) in [6.45, 7) is 0. The number of benzene rings is 2. The Bertz CT molecular complexity index is 657. The highest BCUT2D eigenvalue weighted by Crippen LogP contribution is 2.29. The Balaban J connectivity index is 1.70. The number of amides is 2. The molecule has 0 aromatic heterocycles. The van der Waals surface area contributed by atoms with E-state index in [9.17, 15) is 4.79 Å². The second-order valence-electron chi connectivity index (χ2n) is 5.22. The zero-order valence-electron chi connectivity index (χ0n) is 11.6. The Morgan fingerprint density at radius 2 is 1.86 bits per heavy atom. The fourth-order valence-electron chi connectivity index (χ4n) is 2.78. The lowest BCUT2D eigenvalue weighted by molar-refractivity contribution is 0.247.